The molecular formula is C14H23N3S. The van der Waals surface area contributed by atoms with Crippen molar-refractivity contribution in [2.45, 2.75) is 38.0 Å². The summed E-state index contributed by atoms with van der Waals surface area (Å²) in [5.74, 6) is 1.36. The Kier molecular flexibility index (Phi) is 3.97. The van der Waals surface area contributed by atoms with Gasteiger partial charge in [-0.1, -0.05) is 13.3 Å². The SMILES string of the molecule is CC(CN1CCNCC1)c1csc(C2CCC2)n1. The third-order valence-corrected chi connectivity index (χ3v) is 5.27. The first kappa shape index (κ1) is 12.6. The van der Waals surface area contributed by atoms with Crippen LogP contribution in [0.3, 0.4) is 0 Å². The summed E-state index contributed by atoms with van der Waals surface area (Å²) in [6, 6.07) is 0. The van der Waals surface area contributed by atoms with E-state index in [9.17, 15) is 0 Å². The molecule has 0 radical (unpaired) electrons. The highest BCUT2D eigenvalue weighted by Crippen LogP contribution is 2.38. The molecule has 100 valence electrons. The van der Waals surface area contributed by atoms with Gasteiger partial charge in [-0.3, -0.25) is 0 Å². The number of rotatable bonds is 4. The van der Waals surface area contributed by atoms with Crippen LogP contribution in [-0.4, -0.2) is 42.6 Å². The van der Waals surface area contributed by atoms with Gasteiger partial charge >= 0.3 is 0 Å². The normalized spacial score (nSPS) is 23.8. The molecule has 4 heteroatoms. The number of piperazine rings is 1. The highest BCUT2D eigenvalue weighted by Gasteiger charge is 2.24. The fourth-order valence-electron chi connectivity index (χ4n) is 2.74. The molecule has 0 spiro atoms. The summed E-state index contributed by atoms with van der Waals surface area (Å²) in [6.45, 7) is 8.12. The summed E-state index contributed by atoms with van der Waals surface area (Å²) < 4.78 is 0. The first-order chi connectivity index (χ1) is 8.83. The van der Waals surface area contributed by atoms with E-state index in [1.807, 2.05) is 11.3 Å². The van der Waals surface area contributed by atoms with E-state index in [0.717, 1.165) is 25.6 Å². The lowest BCUT2D eigenvalue weighted by Crippen LogP contribution is -2.44. The van der Waals surface area contributed by atoms with Crippen molar-refractivity contribution in [3.05, 3.63) is 16.1 Å². The predicted molar refractivity (Wildman–Crippen MR) is 76.4 cm³/mol. The second-order valence-electron chi connectivity index (χ2n) is 5.69. The molecule has 3 rings (SSSR count). The largest absolute Gasteiger partial charge is 0.314 e. The highest BCUT2D eigenvalue weighted by atomic mass is 32.1. The minimum absolute atomic E-state index is 0.577. The molecule has 2 heterocycles. The van der Waals surface area contributed by atoms with Gasteiger partial charge in [-0.05, 0) is 12.8 Å². The Labute approximate surface area is 114 Å². The fraction of sp³-hybridized carbons (Fsp3) is 0.786. The monoisotopic (exact) mass is 265 g/mol. The van der Waals surface area contributed by atoms with Crippen molar-refractivity contribution in [3.63, 3.8) is 0 Å². The van der Waals surface area contributed by atoms with Crippen LogP contribution in [0.5, 0.6) is 0 Å². The van der Waals surface area contributed by atoms with Gasteiger partial charge in [0, 0.05) is 49.9 Å². The Morgan fingerprint density at radius 3 is 2.89 bits per heavy atom. The van der Waals surface area contributed by atoms with Crippen LogP contribution in [-0.2, 0) is 0 Å². The topological polar surface area (TPSA) is 28.2 Å². The van der Waals surface area contributed by atoms with Crippen LogP contribution < -0.4 is 5.32 Å². The van der Waals surface area contributed by atoms with Crippen molar-refractivity contribution < 1.29 is 0 Å². The lowest BCUT2D eigenvalue weighted by Gasteiger charge is -2.29. The lowest BCUT2D eigenvalue weighted by atomic mass is 9.86. The maximum Gasteiger partial charge on any atom is 0.0959 e. The molecule has 0 bridgehead atoms. The van der Waals surface area contributed by atoms with Crippen LogP contribution in [0.1, 0.15) is 48.7 Å². The Hall–Kier alpha value is -0.450. The second kappa shape index (κ2) is 5.68. The molecule has 1 saturated carbocycles. The predicted octanol–water partition coefficient (Wildman–Crippen LogP) is 2.42. The van der Waals surface area contributed by atoms with Crippen LogP contribution in [0.25, 0.3) is 0 Å². The first-order valence-corrected chi connectivity index (χ1v) is 8.09. The standard InChI is InChI=1S/C14H23N3S/c1-11(9-17-7-5-15-6-8-17)13-10-18-14(16-13)12-3-2-4-12/h10-12,15H,2-9H2,1H3. The fourth-order valence-corrected chi connectivity index (χ4v) is 3.86. The number of aromatic nitrogens is 1. The molecule has 1 aliphatic heterocycles. The van der Waals surface area contributed by atoms with Crippen molar-refractivity contribution in [3.8, 4) is 0 Å². The van der Waals surface area contributed by atoms with Gasteiger partial charge in [-0.25, -0.2) is 4.98 Å². The maximum absolute atomic E-state index is 4.87. The van der Waals surface area contributed by atoms with Gasteiger partial charge in [0.1, 0.15) is 0 Å². The van der Waals surface area contributed by atoms with Gasteiger partial charge in [0.2, 0.25) is 0 Å². The molecule has 2 fully saturated rings. The summed E-state index contributed by atoms with van der Waals surface area (Å²) >= 11 is 1.88. The number of thiazole rings is 1. The van der Waals surface area contributed by atoms with Crippen LogP contribution >= 0.6 is 11.3 Å². The molecule has 1 N–H and O–H groups in total. The van der Waals surface area contributed by atoms with Crippen LogP contribution in [0, 0.1) is 0 Å². The van der Waals surface area contributed by atoms with E-state index >= 15 is 0 Å². The van der Waals surface area contributed by atoms with Crippen molar-refractivity contribution >= 4 is 11.3 Å². The van der Waals surface area contributed by atoms with E-state index in [1.165, 1.54) is 43.1 Å². The molecule has 1 saturated heterocycles. The average molecular weight is 265 g/mol. The number of nitrogens with one attached hydrogen (secondary N) is 1. The van der Waals surface area contributed by atoms with E-state index in [-0.39, 0.29) is 0 Å². The van der Waals surface area contributed by atoms with E-state index in [2.05, 4.69) is 22.5 Å². The number of hydrogen-bond acceptors (Lipinski definition) is 4. The zero-order chi connectivity index (χ0) is 12.4. The zero-order valence-corrected chi connectivity index (χ0v) is 12.0. The minimum atomic E-state index is 0.577. The van der Waals surface area contributed by atoms with E-state index in [1.54, 1.807) is 0 Å². The highest BCUT2D eigenvalue weighted by molar-refractivity contribution is 7.09. The van der Waals surface area contributed by atoms with Gasteiger partial charge in [0.25, 0.3) is 0 Å². The summed E-state index contributed by atoms with van der Waals surface area (Å²) in [5.41, 5.74) is 1.32. The quantitative estimate of drug-likeness (QED) is 0.906. The van der Waals surface area contributed by atoms with Crippen LogP contribution in [0.2, 0.25) is 0 Å². The van der Waals surface area contributed by atoms with Gasteiger partial charge in [-0.2, -0.15) is 0 Å². The molecule has 1 aromatic rings. The zero-order valence-electron chi connectivity index (χ0n) is 11.2. The Balaban J connectivity index is 1.57. The molecule has 18 heavy (non-hydrogen) atoms. The first-order valence-electron chi connectivity index (χ1n) is 7.21. The Morgan fingerprint density at radius 1 is 1.44 bits per heavy atom. The molecular weight excluding hydrogens is 242 g/mol. The lowest BCUT2D eigenvalue weighted by molar-refractivity contribution is 0.229. The summed E-state index contributed by atoms with van der Waals surface area (Å²) in [4.78, 5) is 7.43. The van der Waals surface area contributed by atoms with E-state index in [0.29, 0.717) is 5.92 Å². The molecule has 1 atom stereocenters. The smallest absolute Gasteiger partial charge is 0.0959 e. The minimum Gasteiger partial charge on any atom is -0.314 e. The van der Waals surface area contributed by atoms with Gasteiger partial charge in [-0.15, -0.1) is 11.3 Å². The molecule has 3 nitrogen and oxygen atoms in total. The van der Waals surface area contributed by atoms with Crippen molar-refractivity contribution in [2.24, 2.45) is 0 Å². The molecule has 1 unspecified atom stereocenters. The van der Waals surface area contributed by atoms with Gasteiger partial charge < -0.3 is 10.2 Å². The molecule has 1 aliphatic carbocycles. The van der Waals surface area contributed by atoms with Crippen LogP contribution in [0.4, 0.5) is 0 Å². The molecule has 0 amide bonds. The van der Waals surface area contributed by atoms with Crippen LogP contribution in [0.15, 0.2) is 5.38 Å². The third-order valence-electron chi connectivity index (χ3n) is 4.24. The van der Waals surface area contributed by atoms with Crippen molar-refractivity contribution in [2.75, 3.05) is 32.7 Å². The van der Waals surface area contributed by atoms with Crippen molar-refractivity contribution in [1.82, 2.24) is 15.2 Å². The van der Waals surface area contributed by atoms with E-state index in [4.69, 9.17) is 4.98 Å². The molecule has 2 aliphatic rings. The Bertz CT molecular complexity index is 380. The van der Waals surface area contributed by atoms with Gasteiger partial charge in [0.05, 0.1) is 10.7 Å². The average Bonchev–Trinajstić information content (AvgIpc) is 2.77. The molecule has 1 aromatic heterocycles. The summed E-state index contributed by atoms with van der Waals surface area (Å²) in [5, 5.41) is 7.09. The molecule has 0 aromatic carbocycles. The van der Waals surface area contributed by atoms with Gasteiger partial charge in [0.15, 0.2) is 0 Å². The third kappa shape index (κ3) is 2.76. The van der Waals surface area contributed by atoms with Crippen molar-refractivity contribution in [1.29, 1.82) is 0 Å². The Morgan fingerprint density at radius 2 is 2.22 bits per heavy atom. The van der Waals surface area contributed by atoms with E-state index < -0.39 is 0 Å². The number of hydrogen-bond donors (Lipinski definition) is 1. The number of nitrogens with zero attached hydrogens (tertiary/aromatic N) is 2. The maximum atomic E-state index is 4.87. The second-order valence-corrected chi connectivity index (χ2v) is 6.58. The summed E-state index contributed by atoms with van der Waals surface area (Å²) in [7, 11) is 0. The summed E-state index contributed by atoms with van der Waals surface area (Å²) in [6.07, 6.45) is 4.12.